The highest BCUT2D eigenvalue weighted by molar-refractivity contribution is 6.40. The minimum Gasteiger partial charge on any atom is -0.290 e. The first-order valence-electron chi connectivity index (χ1n) is 7.57. The zero-order chi connectivity index (χ0) is 17.7. The van der Waals surface area contributed by atoms with Crippen molar-refractivity contribution in [3.05, 3.63) is 58.7 Å². The van der Waals surface area contributed by atoms with Crippen molar-refractivity contribution in [3.63, 3.8) is 0 Å². The van der Waals surface area contributed by atoms with Crippen LogP contribution >= 0.6 is 0 Å². The van der Waals surface area contributed by atoms with Crippen LogP contribution < -0.4 is 11.0 Å². The normalized spacial score (nSPS) is 12.2. The van der Waals surface area contributed by atoms with Gasteiger partial charge < -0.3 is 0 Å². The summed E-state index contributed by atoms with van der Waals surface area (Å²) >= 11 is 0. The highest BCUT2D eigenvalue weighted by atomic mass is 16.5. The molecule has 6 nitrogen and oxygen atoms in total. The van der Waals surface area contributed by atoms with E-state index >= 15 is 0 Å². The molecule has 0 saturated heterocycles. The smallest absolute Gasteiger partial charge is 0.195 e. The largest absolute Gasteiger partial charge is 0.290 e. The summed E-state index contributed by atoms with van der Waals surface area (Å²) in [6.07, 6.45) is 0. The van der Waals surface area contributed by atoms with E-state index in [0.717, 1.165) is 22.3 Å². The third kappa shape index (κ3) is 4.18. The Hall–Kier alpha value is -2.70. The van der Waals surface area contributed by atoms with Crippen LogP contribution in [0.25, 0.3) is 0 Å². The second-order valence-corrected chi connectivity index (χ2v) is 5.72. The molecule has 0 unspecified atom stereocenters. The molecule has 126 valence electrons. The fraction of sp³-hybridized carbons (Fsp3) is 0.222. The molecular formula is C18H22N4O2. The van der Waals surface area contributed by atoms with E-state index in [2.05, 4.69) is 9.98 Å². The summed E-state index contributed by atoms with van der Waals surface area (Å²) in [4.78, 5) is 8.67. The Morgan fingerprint density at radius 2 is 1.08 bits per heavy atom. The summed E-state index contributed by atoms with van der Waals surface area (Å²) in [5.41, 5.74) is 9.46. The lowest BCUT2D eigenvalue weighted by molar-refractivity contribution is 0.223. The number of hydrogen-bond donors (Lipinski definition) is 4. The predicted molar refractivity (Wildman–Crippen MR) is 95.9 cm³/mol. The molecule has 0 bridgehead atoms. The van der Waals surface area contributed by atoms with E-state index in [1.165, 1.54) is 0 Å². The number of rotatable bonds is 2. The van der Waals surface area contributed by atoms with Crippen LogP contribution in [0.3, 0.4) is 0 Å². The molecule has 0 fully saturated rings. The van der Waals surface area contributed by atoms with Crippen molar-refractivity contribution in [2.24, 2.45) is 9.98 Å². The van der Waals surface area contributed by atoms with Crippen LogP contribution in [0, 0.1) is 27.7 Å². The first-order chi connectivity index (χ1) is 11.4. The van der Waals surface area contributed by atoms with Crippen molar-refractivity contribution < 1.29 is 10.4 Å². The minimum atomic E-state index is 0.0180. The van der Waals surface area contributed by atoms with Gasteiger partial charge in [0.05, 0.1) is 11.4 Å². The van der Waals surface area contributed by atoms with Crippen molar-refractivity contribution >= 4 is 23.0 Å². The van der Waals surface area contributed by atoms with Gasteiger partial charge in [-0.2, -0.15) is 0 Å². The number of amidine groups is 2. The number of hydroxylamine groups is 2. The highest BCUT2D eigenvalue weighted by Crippen LogP contribution is 2.21. The Balaban J connectivity index is 2.45. The molecule has 2 aromatic carbocycles. The molecule has 24 heavy (non-hydrogen) atoms. The maximum Gasteiger partial charge on any atom is 0.195 e. The van der Waals surface area contributed by atoms with Crippen molar-refractivity contribution in [3.8, 4) is 0 Å². The van der Waals surface area contributed by atoms with Crippen LogP contribution in [0.4, 0.5) is 11.4 Å². The van der Waals surface area contributed by atoms with Crippen molar-refractivity contribution in [2.45, 2.75) is 27.7 Å². The molecule has 0 heterocycles. The van der Waals surface area contributed by atoms with Gasteiger partial charge in [0, 0.05) is 0 Å². The van der Waals surface area contributed by atoms with Crippen LogP contribution in [-0.2, 0) is 0 Å². The van der Waals surface area contributed by atoms with Gasteiger partial charge in [-0.25, -0.2) is 20.9 Å². The third-order valence-electron chi connectivity index (χ3n) is 3.61. The van der Waals surface area contributed by atoms with E-state index in [-0.39, 0.29) is 11.7 Å². The molecule has 0 aliphatic carbocycles. The number of aryl methyl sites for hydroxylation is 4. The van der Waals surface area contributed by atoms with E-state index in [4.69, 9.17) is 0 Å². The Morgan fingerprint density at radius 1 is 0.708 bits per heavy atom. The maximum atomic E-state index is 9.41. The third-order valence-corrected chi connectivity index (χ3v) is 3.61. The summed E-state index contributed by atoms with van der Waals surface area (Å²) in [5, 5.41) is 18.8. The zero-order valence-corrected chi connectivity index (χ0v) is 14.3. The van der Waals surface area contributed by atoms with Gasteiger partial charge in [-0.1, -0.05) is 35.4 Å². The molecule has 2 aromatic rings. The van der Waals surface area contributed by atoms with Gasteiger partial charge in [-0.15, -0.1) is 0 Å². The molecule has 0 aliphatic heterocycles. The number of aliphatic imine (C=N–C) groups is 2. The van der Waals surface area contributed by atoms with E-state index in [1.54, 1.807) is 0 Å². The lowest BCUT2D eigenvalue weighted by Crippen LogP contribution is -2.37. The van der Waals surface area contributed by atoms with E-state index < -0.39 is 0 Å². The number of nitrogens with one attached hydrogen (secondary N) is 2. The van der Waals surface area contributed by atoms with Gasteiger partial charge in [0.1, 0.15) is 0 Å². The van der Waals surface area contributed by atoms with Crippen LogP contribution in [0.1, 0.15) is 22.3 Å². The van der Waals surface area contributed by atoms with Crippen molar-refractivity contribution in [2.75, 3.05) is 0 Å². The molecule has 6 heteroatoms. The minimum absolute atomic E-state index is 0.0180. The first kappa shape index (κ1) is 17.7. The topological polar surface area (TPSA) is 89.2 Å². The zero-order valence-electron chi connectivity index (χ0n) is 14.3. The van der Waals surface area contributed by atoms with Gasteiger partial charge in [-0.05, 0) is 51.0 Å². The average Bonchev–Trinajstić information content (AvgIpc) is 2.54. The average molecular weight is 326 g/mol. The second kappa shape index (κ2) is 7.72. The maximum absolute atomic E-state index is 9.41. The Kier molecular flexibility index (Phi) is 5.68. The summed E-state index contributed by atoms with van der Waals surface area (Å²) < 4.78 is 0. The van der Waals surface area contributed by atoms with Crippen LogP contribution in [-0.4, -0.2) is 22.1 Å². The molecule has 0 amide bonds. The standard InChI is InChI=1S/C18H22N4O2/c1-11-5-7-15(13(3)9-11)19-17(21-23)18(22-24)20-16-8-6-12(2)10-14(16)4/h5-10,23-24H,1-4H3,(H,19,21)(H,20,22). The van der Waals surface area contributed by atoms with Gasteiger partial charge in [-0.3, -0.25) is 10.4 Å². The van der Waals surface area contributed by atoms with Crippen LogP contribution in [0.2, 0.25) is 0 Å². The molecule has 0 radical (unpaired) electrons. The monoisotopic (exact) mass is 326 g/mol. The number of benzene rings is 2. The van der Waals surface area contributed by atoms with Gasteiger partial charge in [0.25, 0.3) is 0 Å². The summed E-state index contributed by atoms with van der Waals surface area (Å²) in [5.74, 6) is 0.0360. The van der Waals surface area contributed by atoms with Crippen LogP contribution in [0.15, 0.2) is 46.4 Å². The fourth-order valence-corrected chi connectivity index (χ4v) is 2.36. The fourth-order valence-electron chi connectivity index (χ4n) is 2.36. The lowest BCUT2D eigenvalue weighted by Gasteiger charge is -2.10. The van der Waals surface area contributed by atoms with Crippen molar-refractivity contribution in [1.82, 2.24) is 11.0 Å². The Labute approximate surface area is 141 Å². The molecule has 0 aromatic heterocycles. The number of hydrogen-bond acceptors (Lipinski definition) is 4. The Morgan fingerprint density at radius 3 is 1.38 bits per heavy atom. The van der Waals surface area contributed by atoms with Gasteiger partial charge in [0.2, 0.25) is 0 Å². The van der Waals surface area contributed by atoms with E-state index in [0.29, 0.717) is 11.4 Å². The molecule has 0 atom stereocenters. The first-order valence-corrected chi connectivity index (χ1v) is 7.57. The van der Waals surface area contributed by atoms with Crippen LogP contribution in [0.5, 0.6) is 0 Å². The predicted octanol–water partition coefficient (Wildman–Crippen LogP) is 3.64. The summed E-state index contributed by atoms with van der Waals surface area (Å²) in [6.45, 7) is 7.84. The summed E-state index contributed by atoms with van der Waals surface area (Å²) in [7, 11) is 0. The SMILES string of the molecule is Cc1ccc(N=C(NO)C(=Nc2ccc(C)cc2C)NO)c(C)c1. The molecular weight excluding hydrogens is 304 g/mol. The number of nitrogens with zero attached hydrogens (tertiary/aromatic N) is 2. The molecule has 0 spiro atoms. The Bertz CT molecular complexity index is 730. The molecule has 2 rings (SSSR count). The molecule has 0 aliphatic rings. The second-order valence-electron chi connectivity index (χ2n) is 5.72. The summed E-state index contributed by atoms with van der Waals surface area (Å²) in [6, 6.07) is 11.5. The quantitative estimate of drug-likeness (QED) is 0.385. The van der Waals surface area contributed by atoms with Gasteiger partial charge >= 0.3 is 0 Å². The van der Waals surface area contributed by atoms with E-state index in [1.807, 2.05) is 75.1 Å². The molecule has 0 saturated carbocycles. The van der Waals surface area contributed by atoms with E-state index in [9.17, 15) is 10.4 Å². The lowest BCUT2D eigenvalue weighted by atomic mass is 10.1. The van der Waals surface area contributed by atoms with Crippen molar-refractivity contribution in [1.29, 1.82) is 0 Å². The van der Waals surface area contributed by atoms with Gasteiger partial charge in [0.15, 0.2) is 11.7 Å². The molecule has 4 N–H and O–H groups in total. The highest BCUT2D eigenvalue weighted by Gasteiger charge is 2.10.